The van der Waals surface area contributed by atoms with Crippen molar-refractivity contribution in [3.05, 3.63) is 0 Å². The van der Waals surface area contributed by atoms with Crippen LogP contribution >= 0.6 is 10.7 Å². The average Bonchev–Trinajstić information content (AvgIpc) is 2.75. The fourth-order valence-corrected chi connectivity index (χ4v) is 3.12. The fraction of sp³-hybridized carbons (Fsp3) is 1.00. The molecule has 0 aliphatic carbocycles. The molecule has 260 valence electrons. The van der Waals surface area contributed by atoms with Gasteiger partial charge in [0.2, 0.25) is 9.05 Å². The monoisotopic (exact) mass is 746 g/mol. The number of hydrogen-bond acceptors (Lipinski definition) is 2. The highest BCUT2D eigenvalue weighted by Gasteiger charge is 2.99. The van der Waals surface area contributed by atoms with Gasteiger partial charge in [-0.15, -0.1) is 0 Å². The van der Waals surface area contributed by atoms with Gasteiger partial charge in [0, 0.05) is 17.1 Å². The van der Waals surface area contributed by atoms with E-state index < -0.39 is 92.5 Å². The van der Waals surface area contributed by atoms with Crippen molar-refractivity contribution in [3.63, 3.8) is 0 Å². The van der Waals surface area contributed by atoms with E-state index in [1.165, 1.54) is 0 Å². The third kappa shape index (κ3) is 5.49. The predicted octanol–water partition coefficient (Wildman–Crippen LogP) is 8.50. The van der Waals surface area contributed by atoms with Crippen LogP contribution in [0.5, 0.6) is 0 Å². The average molecular weight is 747 g/mol. The van der Waals surface area contributed by atoms with E-state index in [0.717, 1.165) is 0 Å². The summed E-state index contributed by atoms with van der Waals surface area (Å²) in [5.41, 5.74) is 0. The first-order chi connectivity index (χ1) is 18.0. The lowest BCUT2D eigenvalue weighted by molar-refractivity contribution is -0.482. The van der Waals surface area contributed by atoms with E-state index in [-0.39, 0.29) is 0 Å². The second-order valence-electron chi connectivity index (χ2n) is 7.94. The largest absolute Gasteiger partial charge is 0.460 e. The molecule has 0 aromatic rings. The Morgan fingerprint density at radius 1 is 0.349 bits per heavy atom. The maximum absolute atomic E-state index is 13.7. The highest BCUT2D eigenvalue weighted by atomic mass is 35.7. The summed E-state index contributed by atoms with van der Waals surface area (Å²) in [7, 11) is -1.31. The van der Waals surface area contributed by atoms with Gasteiger partial charge in [-0.2, -0.15) is 110 Å². The molecular formula is C14H4ClF25O2S. The van der Waals surface area contributed by atoms with Crippen LogP contribution in [-0.2, 0) is 9.05 Å². The van der Waals surface area contributed by atoms with Gasteiger partial charge >= 0.3 is 71.3 Å². The van der Waals surface area contributed by atoms with Gasteiger partial charge in [-0.05, 0) is 0 Å². The van der Waals surface area contributed by atoms with Crippen LogP contribution < -0.4 is 0 Å². The van der Waals surface area contributed by atoms with Crippen molar-refractivity contribution in [1.29, 1.82) is 0 Å². The highest BCUT2D eigenvalue weighted by molar-refractivity contribution is 8.13. The maximum atomic E-state index is 13.7. The standard InChI is InChI=1S/C14H4ClF25O2S/c15-43(41,42)2-1-3(16,17)4(18,19)5(20,21)6(22,23)7(24,25)8(26,27)9(28,29)10(30,31)11(32,33)12(34,35)13(36,37)14(38,39)40/h1-2H2. The minimum atomic E-state index is -9.66. The zero-order valence-corrected chi connectivity index (χ0v) is 20.0. The first-order valence-corrected chi connectivity index (χ1v) is 11.6. The molecule has 0 unspecified atom stereocenters. The van der Waals surface area contributed by atoms with Gasteiger partial charge in [0.1, 0.15) is 0 Å². The van der Waals surface area contributed by atoms with Crippen molar-refractivity contribution in [3.8, 4) is 0 Å². The molecule has 2 nitrogen and oxygen atoms in total. The second kappa shape index (κ2) is 10.2. The van der Waals surface area contributed by atoms with Crippen LogP contribution in [0.15, 0.2) is 0 Å². The SMILES string of the molecule is O=S(=O)(Cl)CCC(F)(F)C(F)(F)C(F)(F)C(F)(F)C(F)(F)C(F)(F)C(F)(F)C(F)(F)C(F)(F)C(F)(F)C(F)(F)C(F)(F)F. The summed E-state index contributed by atoms with van der Waals surface area (Å²) < 4.78 is 352. The third-order valence-corrected chi connectivity index (χ3v) is 6.18. The maximum Gasteiger partial charge on any atom is 0.460 e. The molecule has 0 saturated heterocycles. The molecule has 0 aromatic carbocycles. The van der Waals surface area contributed by atoms with Gasteiger partial charge in [-0.3, -0.25) is 0 Å². The highest BCUT2D eigenvalue weighted by Crippen LogP contribution is 2.67. The predicted molar refractivity (Wildman–Crippen MR) is 84.7 cm³/mol. The fourth-order valence-electron chi connectivity index (χ4n) is 2.39. The molecule has 0 N–H and O–H groups in total. The van der Waals surface area contributed by atoms with Gasteiger partial charge < -0.3 is 0 Å². The molecule has 0 atom stereocenters. The molecule has 0 aromatic heterocycles. The molecule has 0 rings (SSSR count). The van der Waals surface area contributed by atoms with Crippen molar-refractivity contribution in [2.75, 3.05) is 5.75 Å². The molecular weight excluding hydrogens is 743 g/mol. The van der Waals surface area contributed by atoms with E-state index in [9.17, 15) is 118 Å². The molecule has 0 aliphatic rings. The lowest BCUT2D eigenvalue weighted by Gasteiger charge is -2.45. The van der Waals surface area contributed by atoms with Crippen molar-refractivity contribution in [2.24, 2.45) is 0 Å². The second-order valence-corrected chi connectivity index (χ2v) is 10.8. The molecule has 0 amide bonds. The van der Waals surface area contributed by atoms with Crippen LogP contribution in [0.3, 0.4) is 0 Å². The third-order valence-electron chi connectivity index (χ3n) is 5.02. The summed E-state index contributed by atoms with van der Waals surface area (Å²) in [6, 6.07) is 0. The zero-order valence-electron chi connectivity index (χ0n) is 18.5. The number of hydrogen-bond donors (Lipinski definition) is 0. The molecule has 0 aliphatic heterocycles. The summed E-state index contributed by atoms with van der Waals surface area (Å²) in [5, 5.41) is 0. The van der Waals surface area contributed by atoms with Crippen molar-refractivity contribution >= 4 is 19.7 Å². The normalized spacial score (nSPS) is 17.0. The van der Waals surface area contributed by atoms with Gasteiger partial charge in [0.15, 0.2) is 0 Å². The molecule has 0 heterocycles. The Morgan fingerprint density at radius 3 is 0.721 bits per heavy atom. The van der Waals surface area contributed by atoms with E-state index in [0.29, 0.717) is 0 Å². The van der Waals surface area contributed by atoms with Crippen molar-refractivity contribution in [1.82, 2.24) is 0 Å². The summed E-state index contributed by atoms with van der Waals surface area (Å²) in [5.74, 6) is -102. The first-order valence-electron chi connectivity index (χ1n) is 9.10. The molecule has 0 radical (unpaired) electrons. The Labute approximate surface area is 222 Å². The van der Waals surface area contributed by atoms with Crippen LogP contribution in [0.1, 0.15) is 6.42 Å². The number of alkyl halides is 25. The Hall–Kier alpha value is -1.51. The topological polar surface area (TPSA) is 34.1 Å². The summed E-state index contributed by atoms with van der Waals surface area (Å²) >= 11 is 0. The van der Waals surface area contributed by atoms with Crippen molar-refractivity contribution < 1.29 is 118 Å². The number of rotatable bonds is 13. The molecule has 29 heteroatoms. The van der Waals surface area contributed by atoms with E-state index >= 15 is 0 Å². The molecule has 0 fully saturated rings. The smallest absolute Gasteiger partial charge is 0.212 e. The van der Waals surface area contributed by atoms with Crippen LogP contribution in [0.4, 0.5) is 110 Å². The minimum absolute atomic E-state index is 2.67. The quantitative estimate of drug-likeness (QED) is 0.140. The first kappa shape index (κ1) is 41.5. The van der Waals surface area contributed by atoms with Gasteiger partial charge in [-0.1, -0.05) is 0 Å². The van der Waals surface area contributed by atoms with E-state index in [1.807, 2.05) is 0 Å². The van der Waals surface area contributed by atoms with Gasteiger partial charge in [0.25, 0.3) is 0 Å². The van der Waals surface area contributed by atoms with E-state index in [4.69, 9.17) is 0 Å². The van der Waals surface area contributed by atoms with E-state index in [2.05, 4.69) is 10.7 Å². The minimum Gasteiger partial charge on any atom is -0.212 e. The summed E-state index contributed by atoms with van der Waals surface area (Å²) in [4.78, 5) is 0. The van der Waals surface area contributed by atoms with Crippen LogP contribution in [-0.4, -0.2) is 85.5 Å². The van der Waals surface area contributed by atoms with Crippen LogP contribution in [0, 0.1) is 0 Å². The molecule has 43 heavy (non-hydrogen) atoms. The van der Waals surface area contributed by atoms with Crippen LogP contribution in [0.25, 0.3) is 0 Å². The zero-order chi connectivity index (χ0) is 35.9. The lowest BCUT2D eigenvalue weighted by Crippen LogP contribution is -2.78. The molecule has 0 bridgehead atoms. The molecule has 0 saturated carbocycles. The lowest BCUT2D eigenvalue weighted by atomic mass is 9.84. The van der Waals surface area contributed by atoms with E-state index in [1.54, 1.807) is 0 Å². The van der Waals surface area contributed by atoms with Gasteiger partial charge in [-0.25, -0.2) is 8.42 Å². The summed E-state index contributed by atoms with van der Waals surface area (Å²) in [6.07, 6.45) is -11.6. The van der Waals surface area contributed by atoms with Crippen molar-refractivity contribution in [2.45, 2.75) is 77.7 Å². The Morgan fingerprint density at radius 2 is 0.535 bits per heavy atom. The Bertz CT molecular complexity index is 1140. The molecule has 0 spiro atoms. The Balaban J connectivity index is 7.29. The van der Waals surface area contributed by atoms with Crippen LogP contribution in [0.2, 0.25) is 0 Å². The summed E-state index contributed by atoms with van der Waals surface area (Å²) in [6.45, 7) is 0. The Kier molecular flexibility index (Phi) is 9.89. The number of halogens is 26. The van der Waals surface area contributed by atoms with Gasteiger partial charge in [0.05, 0.1) is 5.75 Å².